The highest BCUT2D eigenvalue weighted by molar-refractivity contribution is 7.99. The molecule has 0 bridgehead atoms. The summed E-state index contributed by atoms with van der Waals surface area (Å²) >= 11 is 1.57. The van der Waals surface area contributed by atoms with Crippen molar-refractivity contribution in [2.45, 2.75) is 38.5 Å². The van der Waals surface area contributed by atoms with E-state index in [1.165, 1.54) is 11.1 Å². The fraction of sp³-hybridized carbons (Fsp3) is 0.400. The number of thioether (sulfide) groups is 1. The van der Waals surface area contributed by atoms with Gasteiger partial charge in [-0.2, -0.15) is 0 Å². The molecule has 102 valence electrons. The Morgan fingerprint density at radius 1 is 1.21 bits per heavy atom. The number of hydrogen-bond donors (Lipinski definition) is 1. The number of imidazole rings is 1. The van der Waals surface area contributed by atoms with Gasteiger partial charge in [-0.15, -0.1) is 0 Å². The van der Waals surface area contributed by atoms with E-state index in [0.29, 0.717) is 5.75 Å². The number of rotatable bonds is 4. The van der Waals surface area contributed by atoms with Crippen molar-refractivity contribution in [1.29, 1.82) is 0 Å². The zero-order valence-corrected chi connectivity index (χ0v) is 12.7. The van der Waals surface area contributed by atoms with E-state index in [0.717, 1.165) is 10.8 Å². The maximum atomic E-state index is 9.81. The molecule has 0 spiro atoms. The maximum absolute atomic E-state index is 9.81. The molecule has 1 N–H and O–H groups in total. The minimum Gasteiger partial charge on any atom is -0.390 e. The smallest absolute Gasteiger partial charge is 0.172 e. The van der Waals surface area contributed by atoms with Crippen LogP contribution in [0.1, 0.15) is 25.0 Å². The van der Waals surface area contributed by atoms with E-state index >= 15 is 0 Å². The van der Waals surface area contributed by atoms with Crippen molar-refractivity contribution in [3.8, 4) is 5.69 Å². The number of aliphatic hydroxyl groups is 1. The molecular formula is C15H20N2OS. The van der Waals surface area contributed by atoms with Gasteiger partial charge < -0.3 is 5.11 Å². The van der Waals surface area contributed by atoms with E-state index < -0.39 is 5.60 Å². The largest absolute Gasteiger partial charge is 0.390 e. The minimum absolute atomic E-state index is 0.620. The SMILES string of the molecule is Cc1cc(C)cc(-n2ccnc2SCC(C)(C)O)c1. The second-order valence-corrected chi connectivity index (χ2v) is 6.47. The zero-order chi connectivity index (χ0) is 14.0. The van der Waals surface area contributed by atoms with Gasteiger partial charge in [-0.3, -0.25) is 4.57 Å². The van der Waals surface area contributed by atoms with Crippen LogP contribution in [0.5, 0.6) is 0 Å². The first-order chi connectivity index (χ1) is 8.85. The van der Waals surface area contributed by atoms with Crippen molar-refractivity contribution < 1.29 is 5.11 Å². The van der Waals surface area contributed by atoms with Crippen molar-refractivity contribution in [3.05, 3.63) is 41.7 Å². The summed E-state index contributed by atoms with van der Waals surface area (Å²) in [5.74, 6) is 0.620. The molecule has 4 heteroatoms. The first kappa shape index (κ1) is 14.2. The third-order valence-electron chi connectivity index (χ3n) is 2.65. The third kappa shape index (κ3) is 3.85. The van der Waals surface area contributed by atoms with Gasteiger partial charge in [0.05, 0.1) is 5.60 Å². The van der Waals surface area contributed by atoms with Gasteiger partial charge in [-0.1, -0.05) is 17.8 Å². The van der Waals surface area contributed by atoms with Crippen molar-refractivity contribution in [3.63, 3.8) is 0 Å². The van der Waals surface area contributed by atoms with Crippen LogP contribution in [0.15, 0.2) is 35.7 Å². The van der Waals surface area contributed by atoms with E-state index in [1.54, 1.807) is 18.0 Å². The molecule has 2 rings (SSSR count). The monoisotopic (exact) mass is 276 g/mol. The number of aromatic nitrogens is 2. The van der Waals surface area contributed by atoms with E-state index in [9.17, 15) is 5.11 Å². The fourth-order valence-electron chi connectivity index (χ4n) is 1.92. The van der Waals surface area contributed by atoms with E-state index in [-0.39, 0.29) is 0 Å². The van der Waals surface area contributed by atoms with Crippen LogP contribution in [-0.2, 0) is 0 Å². The summed E-state index contributed by atoms with van der Waals surface area (Å²) < 4.78 is 2.07. The molecule has 1 aromatic carbocycles. The Hall–Kier alpha value is -1.26. The van der Waals surface area contributed by atoms with Crippen molar-refractivity contribution in [1.82, 2.24) is 9.55 Å². The van der Waals surface area contributed by atoms with Crippen LogP contribution in [0.2, 0.25) is 0 Å². The summed E-state index contributed by atoms with van der Waals surface area (Å²) in [6.07, 6.45) is 3.76. The van der Waals surface area contributed by atoms with E-state index in [4.69, 9.17) is 0 Å². The van der Waals surface area contributed by atoms with Gasteiger partial charge in [-0.05, 0) is 51.0 Å². The Balaban J connectivity index is 2.28. The molecule has 1 aromatic heterocycles. The van der Waals surface area contributed by atoms with Crippen LogP contribution in [0.25, 0.3) is 5.69 Å². The molecule has 3 nitrogen and oxygen atoms in total. The Morgan fingerprint density at radius 2 is 1.84 bits per heavy atom. The van der Waals surface area contributed by atoms with Crippen LogP contribution in [0.4, 0.5) is 0 Å². The van der Waals surface area contributed by atoms with Crippen LogP contribution in [0.3, 0.4) is 0 Å². The predicted octanol–water partition coefficient (Wildman–Crippen LogP) is 3.35. The second kappa shape index (κ2) is 5.39. The van der Waals surface area contributed by atoms with Gasteiger partial charge in [0.1, 0.15) is 0 Å². The van der Waals surface area contributed by atoms with Gasteiger partial charge in [0.15, 0.2) is 5.16 Å². The molecule has 0 saturated carbocycles. The molecule has 0 aliphatic heterocycles. The minimum atomic E-state index is -0.691. The molecule has 0 fully saturated rings. The van der Waals surface area contributed by atoms with Gasteiger partial charge >= 0.3 is 0 Å². The summed E-state index contributed by atoms with van der Waals surface area (Å²) in [6, 6.07) is 6.44. The lowest BCUT2D eigenvalue weighted by Gasteiger charge is -2.16. The molecular weight excluding hydrogens is 256 g/mol. The average molecular weight is 276 g/mol. The molecule has 1 heterocycles. The molecule has 0 atom stereocenters. The topological polar surface area (TPSA) is 38.0 Å². The quantitative estimate of drug-likeness (QED) is 0.870. The van der Waals surface area contributed by atoms with Crippen LogP contribution >= 0.6 is 11.8 Å². The lowest BCUT2D eigenvalue weighted by Crippen LogP contribution is -2.22. The summed E-state index contributed by atoms with van der Waals surface area (Å²) in [4.78, 5) is 4.37. The van der Waals surface area contributed by atoms with Crippen LogP contribution in [0, 0.1) is 13.8 Å². The van der Waals surface area contributed by atoms with Crippen molar-refractivity contribution in [2.24, 2.45) is 0 Å². The molecule has 0 amide bonds. The molecule has 19 heavy (non-hydrogen) atoms. The maximum Gasteiger partial charge on any atom is 0.172 e. The second-order valence-electron chi connectivity index (χ2n) is 5.53. The summed E-state index contributed by atoms with van der Waals surface area (Å²) in [5, 5.41) is 10.7. The van der Waals surface area contributed by atoms with E-state index in [1.807, 2.05) is 20.0 Å². The van der Waals surface area contributed by atoms with Crippen molar-refractivity contribution >= 4 is 11.8 Å². The average Bonchev–Trinajstić information content (AvgIpc) is 2.72. The lowest BCUT2D eigenvalue weighted by molar-refractivity contribution is 0.107. The predicted molar refractivity (Wildman–Crippen MR) is 80.1 cm³/mol. The standard InChI is InChI=1S/C15H20N2OS/c1-11-7-12(2)9-13(8-11)17-6-5-16-14(17)19-10-15(3,4)18/h5-9,18H,10H2,1-4H3. The van der Waals surface area contributed by atoms with Crippen LogP contribution < -0.4 is 0 Å². The van der Waals surface area contributed by atoms with Crippen LogP contribution in [-0.4, -0.2) is 26.0 Å². The Bertz CT molecular complexity index is 550. The molecule has 0 radical (unpaired) electrons. The van der Waals surface area contributed by atoms with Gasteiger partial charge in [0.2, 0.25) is 0 Å². The molecule has 2 aromatic rings. The van der Waals surface area contributed by atoms with Gasteiger partial charge in [-0.25, -0.2) is 4.98 Å². The molecule has 0 saturated heterocycles. The summed E-state index contributed by atoms with van der Waals surface area (Å²) in [7, 11) is 0. The number of hydrogen-bond acceptors (Lipinski definition) is 3. The first-order valence-electron chi connectivity index (χ1n) is 6.32. The summed E-state index contributed by atoms with van der Waals surface area (Å²) in [6.45, 7) is 7.81. The Morgan fingerprint density at radius 3 is 2.42 bits per heavy atom. The van der Waals surface area contributed by atoms with Gasteiger partial charge in [0.25, 0.3) is 0 Å². The normalized spacial score (nSPS) is 11.8. The molecule has 0 aliphatic carbocycles. The van der Waals surface area contributed by atoms with Crippen molar-refractivity contribution in [2.75, 3.05) is 5.75 Å². The molecule has 0 unspecified atom stereocenters. The first-order valence-corrected chi connectivity index (χ1v) is 7.31. The molecule has 0 aliphatic rings. The number of benzene rings is 1. The number of aryl methyl sites for hydroxylation is 2. The zero-order valence-electron chi connectivity index (χ0n) is 11.8. The third-order valence-corrected chi connectivity index (χ3v) is 4.06. The fourth-order valence-corrected chi connectivity index (χ4v) is 2.85. The highest BCUT2D eigenvalue weighted by Crippen LogP contribution is 2.24. The Kier molecular flexibility index (Phi) is 4.02. The number of nitrogens with zero attached hydrogens (tertiary/aromatic N) is 2. The lowest BCUT2D eigenvalue weighted by atomic mass is 10.1. The summed E-state index contributed by atoms with van der Waals surface area (Å²) in [5.41, 5.74) is 2.90. The highest BCUT2D eigenvalue weighted by atomic mass is 32.2. The highest BCUT2D eigenvalue weighted by Gasteiger charge is 2.15. The Labute approximate surface area is 118 Å². The van der Waals surface area contributed by atoms with Gasteiger partial charge in [0, 0.05) is 23.8 Å². The van der Waals surface area contributed by atoms with E-state index in [2.05, 4.69) is 41.6 Å².